The number of hydrogen-bond donors (Lipinski definition) is 1. The standard InChI is InChI=1S/C10H11F2N3O/c1-5(11)6-4-14-9(16)8(6)7-2-3-13-10(12)15-7/h2-3,5-6,8H,4H2,1H3,(H,14,16)/t5-,6?,8+/m0/s1. The van der Waals surface area contributed by atoms with Crippen LogP contribution >= 0.6 is 0 Å². The topological polar surface area (TPSA) is 54.9 Å². The molecule has 0 spiro atoms. The number of nitrogens with zero attached hydrogens (tertiary/aromatic N) is 2. The molecule has 1 saturated heterocycles. The zero-order chi connectivity index (χ0) is 11.7. The van der Waals surface area contributed by atoms with Crippen molar-refractivity contribution < 1.29 is 13.6 Å². The Morgan fingerprint density at radius 3 is 3.00 bits per heavy atom. The van der Waals surface area contributed by atoms with Crippen molar-refractivity contribution in [3.63, 3.8) is 0 Å². The first-order valence-corrected chi connectivity index (χ1v) is 5.00. The Morgan fingerprint density at radius 2 is 2.38 bits per heavy atom. The number of carbonyl (C=O) groups is 1. The molecule has 0 radical (unpaired) electrons. The second-order valence-corrected chi connectivity index (χ2v) is 3.81. The molecule has 1 N–H and O–H groups in total. The lowest BCUT2D eigenvalue weighted by Gasteiger charge is -2.16. The monoisotopic (exact) mass is 227 g/mol. The summed E-state index contributed by atoms with van der Waals surface area (Å²) in [5.41, 5.74) is 0.233. The summed E-state index contributed by atoms with van der Waals surface area (Å²) in [4.78, 5) is 18.4. The molecule has 6 heteroatoms. The van der Waals surface area contributed by atoms with Gasteiger partial charge >= 0.3 is 6.08 Å². The number of rotatable bonds is 2. The molecular formula is C10H11F2N3O. The first-order chi connectivity index (χ1) is 7.59. The van der Waals surface area contributed by atoms with Gasteiger partial charge in [-0.2, -0.15) is 4.39 Å². The molecule has 2 rings (SSSR count). The predicted molar refractivity (Wildman–Crippen MR) is 51.8 cm³/mol. The average Bonchev–Trinajstić information content (AvgIpc) is 2.60. The van der Waals surface area contributed by atoms with Crippen LogP contribution in [0.1, 0.15) is 18.5 Å². The van der Waals surface area contributed by atoms with Crippen LogP contribution in [0.15, 0.2) is 12.3 Å². The van der Waals surface area contributed by atoms with E-state index < -0.39 is 24.1 Å². The first kappa shape index (κ1) is 10.9. The van der Waals surface area contributed by atoms with Crippen molar-refractivity contribution in [3.8, 4) is 0 Å². The van der Waals surface area contributed by atoms with E-state index in [1.54, 1.807) is 0 Å². The maximum atomic E-state index is 13.3. The molecule has 1 amide bonds. The number of amides is 1. The second-order valence-electron chi connectivity index (χ2n) is 3.81. The molecule has 0 saturated carbocycles. The quantitative estimate of drug-likeness (QED) is 0.760. The lowest BCUT2D eigenvalue weighted by molar-refractivity contribution is -0.121. The number of aromatic nitrogens is 2. The van der Waals surface area contributed by atoms with Crippen LogP contribution in [0, 0.1) is 12.0 Å². The predicted octanol–water partition coefficient (Wildman–Crippen LogP) is 0.803. The van der Waals surface area contributed by atoms with Gasteiger partial charge in [0.1, 0.15) is 6.17 Å². The zero-order valence-electron chi connectivity index (χ0n) is 8.65. The van der Waals surface area contributed by atoms with Crippen LogP contribution in [0.4, 0.5) is 8.78 Å². The minimum atomic E-state index is -1.15. The van der Waals surface area contributed by atoms with Gasteiger partial charge in [-0.15, -0.1) is 0 Å². The van der Waals surface area contributed by atoms with Crippen LogP contribution in [-0.4, -0.2) is 28.6 Å². The van der Waals surface area contributed by atoms with Crippen LogP contribution < -0.4 is 5.32 Å². The number of halogens is 2. The molecule has 1 aliphatic heterocycles. The summed E-state index contributed by atoms with van der Waals surface area (Å²) in [6, 6.07) is 1.44. The van der Waals surface area contributed by atoms with Crippen molar-refractivity contribution in [2.24, 2.45) is 5.92 Å². The van der Waals surface area contributed by atoms with Gasteiger partial charge in [0.25, 0.3) is 0 Å². The van der Waals surface area contributed by atoms with Gasteiger partial charge in [-0.05, 0) is 13.0 Å². The molecule has 16 heavy (non-hydrogen) atoms. The van der Waals surface area contributed by atoms with Crippen molar-refractivity contribution in [2.45, 2.75) is 19.0 Å². The van der Waals surface area contributed by atoms with Crippen LogP contribution in [0.25, 0.3) is 0 Å². The van der Waals surface area contributed by atoms with Crippen LogP contribution in [0.3, 0.4) is 0 Å². The Hall–Kier alpha value is -1.59. The van der Waals surface area contributed by atoms with E-state index in [9.17, 15) is 13.6 Å². The fraction of sp³-hybridized carbons (Fsp3) is 0.500. The molecular weight excluding hydrogens is 216 g/mol. The maximum absolute atomic E-state index is 13.3. The van der Waals surface area contributed by atoms with Gasteiger partial charge < -0.3 is 5.32 Å². The van der Waals surface area contributed by atoms with Crippen LogP contribution in [0.2, 0.25) is 0 Å². The average molecular weight is 227 g/mol. The van der Waals surface area contributed by atoms with Gasteiger partial charge in [-0.25, -0.2) is 14.4 Å². The SMILES string of the molecule is C[C@H](F)C1CNC(=O)[C@H]1c1ccnc(F)n1. The fourth-order valence-corrected chi connectivity index (χ4v) is 1.94. The summed E-state index contributed by atoms with van der Waals surface area (Å²) in [6.07, 6.45) is -0.826. The van der Waals surface area contributed by atoms with Gasteiger partial charge in [0.15, 0.2) is 0 Å². The van der Waals surface area contributed by atoms with E-state index in [1.807, 2.05) is 0 Å². The summed E-state index contributed by atoms with van der Waals surface area (Å²) < 4.78 is 26.1. The van der Waals surface area contributed by atoms with Crippen LogP contribution in [0.5, 0.6) is 0 Å². The first-order valence-electron chi connectivity index (χ1n) is 5.00. The maximum Gasteiger partial charge on any atom is 0.308 e. The molecule has 0 aromatic carbocycles. The Labute approximate surface area is 91.1 Å². The van der Waals surface area contributed by atoms with Gasteiger partial charge in [-0.1, -0.05) is 0 Å². The highest BCUT2D eigenvalue weighted by atomic mass is 19.1. The minimum absolute atomic E-state index is 0.233. The fourth-order valence-electron chi connectivity index (χ4n) is 1.94. The minimum Gasteiger partial charge on any atom is -0.355 e. The molecule has 1 unspecified atom stereocenters. The van der Waals surface area contributed by atoms with Crippen LogP contribution in [-0.2, 0) is 4.79 Å². The molecule has 0 bridgehead atoms. The molecule has 1 fully saturated rings. The number of alkyl halides is 1. The van der Waals surface area contributed by atoms with Gasteiger partial charge in [-0.3, -0.25) is 4.79 Å². The van der Waals surface area contributed by atoms with Gasteiger partial charge in [0, 0.05) is 18.7 Å². The molecule has 1 aromatic heterocycles. The molecule has 3 atom stereocenters. The van der Waals surface area contributed by atoms with Crippen molar-refractivity contribution >= 4 is 5.91 Å². The number of carbonyl (C=O) groups excluding carboxylic acids is 1. The highest BCUT2D eigenvalue weighted by Crippen LogP contribution is 2.31. The van der Waals surface area contributed by atoms with Crippen molar-refractivity contribution in [2.75, 3.05) is 6.54 Å². The lowest BCUT2D eigenvalue weighted by atomic mass is 9.89. The third-order valence-corrected chi connectivity index (χ3v) is 2.78. The van der Waals surface area contributed by atoms with Gasteiger partial charge in [0.05, 0.1) is 11.6 Å². The number of nitrogens with one attached hydrogen (secondary N) is 1. The molecule has 1 aromatic rings. The molecule has 4 nitrogen and oxygen atoms in total. The normalized spacial score (nSPS) is 26.6. The van der Waals surface area contributed by atoms with E-state index in [4.69, 9.17) is 0 Å². The summed E-state index contributed by atoms with van der Waals surface area (Å²) in [5.74, 6) is -1.54. The summed E-state index contributed by atoms with van der Waals surface area (Å²) in [5, 5.41) is 2.56. The van der Waals surface area contributed by atoms with Crippen molar-refractivity contribution in [1.29, 1.82) is 0 Å². The Morgan fingerprint density at radius 1 is 1.62 bits per heavy atom. The Balaban J connectivity index is 2.33. The smallest absolute Gasteiger partial charge is 0.308 e. The van der Waals surface area contributed by atoms with E-state index >= 15 is 0 Å². The zero-order valence-corrected chi connectivity index (χ0v) is 8.65. The highest BCUT2D eigenvalue weighted by molar-refractivity contribution is 5.85. The Bertz CT molecular complexity index is 411. The molecule has 1 aliphatic rings. The molecule has 0 aliphatic carbocycles. The second kappa shape index (κ2) is 4.11. The third-order valence-electron chi connectivity index (χ3n) is 2.78. The van der Waals surface area contributed by atoms with Crippen molar-refractivity contribution in [1.82, 2.24) is 15.3 Å². The third kappa shape index (κ3) is 1.87. The molecule has 86 valence electrons. The van der Waals surface area contributed by atoms with E-state index in [0.29, 0.717) is 0 Å². The summed E-state index contributed by atoms with van der Waals surface area (Å²) in [7, 11) is 0. The van der Waals surface area contributed by atoms with Gasteiger partial charge in [0.2, 0.25) is 5.91 Å². The van der Waals surface area contributed by atoms with E-state index in [0.717, 1.165) is 0 Å². The highest BCUT2D eigenvalue weighted by Gasteiger charge is 2.40. The van der Waals surface area contributed by atoms with E-state index in [-0.39, 0.29) is 18.1 Å². The molecule has 2 heterocycles. The summed E-state index contributed by atoms with van der Waals surface area (Å²) in [6.45, 7) is 1.64. The lowest BCUT2D eigenvalue weighted by Crippen LogP contribution is -2.22. The Kier molecular flexibility index (Phi) is 2.80. The largest absolute Gasteiger partial charge is 0.355 e. The van der Waals surface area contributed by atoms with E-state index in [2.05, 4.69) is 15.3 Å². The summed E-state index contributed by atoms with van der Waals surface area (Å²) >= 11 is 0. The van der Waals surface area contributed by atoms with E-state index in [1.165, 1.54) is 19.2 Å². The number of hydrogen-bond acceptors (Lipinski definition) is 3. The van der Waals surface area contributed by atoms with Crippen molar-refractivity contribution in [3.05, 3.63) is 24.0 Å².